The Bertz CT molecular complexity index is 261. The van der Waals surface area contributed by atoms with Crippen molar-refractivity contribution in [2.75, 3.05) is 6.54 Å². The van der Waals surface area contributed by atoms with E-state index in [2.05, 4.69) is 10.3 Å². The van der Waals surface area contributed by atoms with Crippen LogP contribution in [0.5, 0.6) is 0 Å². The number of carboxylic acid groups (broad SMARTS) is 1. The molecule has 4 nitrogen and oxygen atoms in total. The molecular formula is C8H12N2O2S. The smallest absolute Gasteiger partial charge is 0.327 e. The van der Waals surface area contributed by atoms with Crippen LogP contribution in [0.2, 0.25) is 0 Å². The number of hydrogen-bond acceptors (Lipinski definition) is 4. The minimum absolute atomic E-state index is 0.589. The van der Waals surface area contributed by atoms with Gasteiger partial charge in [-0.15, -0.1) is 11.3 Å². The van der Waals surface area contributed by atoms with E-state index in [1.165, 1.54) is 11.3 Å². The van der Waals surface area contributed by atoms with Crippen molar-refractivity contribution in [3.8, 4) is 0 Å². The third-order valence-electron chi connectivity index (χ3n) is 1.59. The van der Waals surface area contributed by atoms with Crippen molar-refractivity contribution >= 4 is 17.3 Å². The van der Waals surface area contributed by atoms with Gasteiger partial charge in [-0.1, -0.05) is 6.92 Å². The average Bonchev–Trinajstić information content (AvgIpc) is 2.57. The van der Waals surface area contributed by atoms with Gasteiger partial charge in [0.1, 0.15) is 6.04 Å². The predicted octanol–water partition coefficient (Wildman–Crippen LogP) is 1.27. The fourth-order valence-corrected chi connectivity index (χ4v) is 1.55. The first kappa shape index (κ1) is 10.1. The van der Waals surface area contributed by atoms with Gasteiger partial charge in [0.2, 0.25) is 0 Å². The lowest BCUT2D eigenvalue weighted by Gasteiger charge is -2.10. The highest BCUT2D eigenvalue weighted by Crippen LogP contribution is 2.12. The second-order valence-electron chi connectivity index (χ2n) is 2.64. The van der Waals surface area contributed by atoms with Crippen molar-refractivity contribution in [2.24, 2.45) is 0 Å². The van der Waals surface area contributed by atoms with Crippen LogP contribution in [-0.4, -0.2) is 22.6 Å². The maximum Gasteiger partial charge on any atom is 0.327 e. The molecule has 1 aromatic heterocycles. The molecule has 0 spiro atoms. The highest BCUT2D eigenvalue weighted by molar-refractivity contribution is 7.07. The van der Waals surface area contributed by atoms with Crippen molar-refractivity contribution in [3.63, 3.8) is 0 Å². The summed E-state index contributed by atoms with van der Waals surface area (Å²) in [4.78, 5) is 14.8. The summed E-state index contributed by atoms with van der Waals surface area (Å²) in [6.45, 7) is 2.68. The van der Waals surface area contributed by atoms with Crippen LogP contribution in [0.1, 0.15) is 25.1 Å². The van der Waals surface area contributed by atoms with E-state index in [1.54, 1.807) is 10.9 Å². The van der Waals surface area contributed by atoms with Crippen LogP contribution in [0.25, 0.3) is 0 Å². The molecule has 1 heterocycles. The number of carbonyl (C=O) groups is 1. The van der Waals surface area contributed by atoms with Gasteiger partial charge in [0.05, 0.1) is 11.2 Å². The van der Waals surface area contributed by atoms with E-state index in [-0.39, 0.29) is 0 Å². The quantitative estimate of drug-likeness (QED) is 0.751. The number of hydrogen-bond donors (Lipinski definition) is 2. The van der Waals surface area contributed by atoms with Crippen molar-refractivity contribution in [1.82, 2.24) is 10.3 Å². The first-order chi connectivity index (χ1) is 6.25. The molecule has 0 radical (unpaired) electrons. The Labute approximate surface area is 80.6 Å². The Morgan fingerprint density at radius 1 is 1.85 bits per heavy atom. The maximum absolute atomic E-state index is 10.8. The van der Waals surface area contributed by atoms with Gasteiger partial charge in [-0.2, -0.15) is 0 Å². The maximum atomic E-state index is 10.8. The highest BCUT2D eigenvalue weighted by Gasteiger charge is 2.19. The van der Waals surface area contributed by atoms with E-state index in [9.17, 15) is 4.79 Å². The number of aromatic nitrogens is 1. The number of thiazole rings is 1. The van der Waals surface area contributed by atoms with Crippen LogP contribution in [-0.2, 0) is 4.79 Å². The average molecular weight is 200 g/mol. The van der Waals surface area contributed by atoms with E-state index in [0.29, 0.717) is 12.2 Å². The summed E-state index contributed by atoms with van der Waals surface area (Å²) in [5.74, 6) is -0.876. The van der Waals surface area contributed by atoms with Gasteiger partial charge in [-0.3, -0.25) is 10.1 Å². The van der Waals surface area contributed by atoms with Gasteiger partial charge in [0.15, 0.2) is 0 Å². The molecule has 0 saturated carbocycles. The molecule has 0 bridgehead atoms. The molecular weight excluding hydrogens is 188 g/mol. The third kappa shape index (κ3) is 2.78. The molecule has 0 aliphatic rings. The molecule has 1 atom stereocenters. The van der Waals surface area contributed by atoms with Gasteiger partial charge < -0.3 is 5.11 Å². The van der Waals surface area contributed by atoms with Crippen molar-refractivity contribution in [3.05, 3.63) is 16.6 Å². The molecule has 0 fully saturated rings. The summed E-state index contributed by atoms with van der Waals surface area (Å²) in [5, 5.41) is 13.5. The zero-order chi connectivity index (χ0) is 9.68. The normalized spacial score (nSPS) is 12.7. The van der Waals surface area contributed by atoms with Crippen LogP contribution in [0.15, 0.2) is 10.9 Å². The fourth-order valence-electron chi connectivity index (χ4n) is 0.971. The van der Waals surface area contributed by atoms with Gasteiger partial charge >= 0.3 is 5.97 Å². The van der Waals surface area contributed by atoms with Gasteiger partial charge in [-0.25, -0.2) is 4.98 Å². The second-order valence-corrected chi connectivity index (χ2v) is 3.36. The second kappa shape index (κ2) is 4.94. The lowest BCUT2D eigenvalue weighted by atomic mass is 10.2. The number of carboxylic acids is 1. The summed E-state index contributed by atoms with van der Waals surface area (Å²) in [6, 6.07) is -0.661. The van der Waals surface area contributed by atoms with Crippen molar-refractivity contribution in [1.29, 1.82) is 0 Å². The SMILES string of the molecule is CCCNC(C(=O)O)c1cscn1. The number of aliphatic carboxylic acids is 1. The summed E-state index contributed by atoms with van der Waals surface area (Å²) in [5.41, 5.74) is 2.23. The summed E-state index contributed by atoms with van der Waals surface area (Å²) in [7, 11) is 0. The Morgan fingerprint density at radius 3 is 3.08 bits per heavy atom. The summed E-state index contributed by atoms with van der Waals surface area (Å²) < 4.78 is 0. The summed E-state index contributed by atoms with van der Waals surface area (Å²) >= 11 is 1.40. The zero-order valence-corrected chi connectivity index (χ0v) is 8.17. The molecule has 1 unspecified atom stereocenters. The van der Waals surface area contributed by atoms with E-state index >= 15 is 0 Å². The molecule has 0 saturated heterocycles. The minimum Gasteiger partial charge on any atom is -0.480 e. The molecule has 0 aromatic carbocycles. The van der Waals surface area contributed by atoms with Crippen LogP contribution >= 0.6 is 11.3 Å². The Kier molecular flexibility index (Phi) is 3.85. The summed E-state index contributed by atoms with van der Waals surface area (Å²) in [6.07, 6.45) is 0.911. The van der Waals surface area contributed by atoms with Gasteiger partial charge in [0, 0.05) is 5.38 Å². The Morgan fingerprint density at radius 2 is 2.62 bits per heavy atom. The molecule has 1 rings (SSSR count). The fraction of sp³-hybridized carbons (Fsp3) is 0.500. The monoisotopic (exact) mass is 200 g/mol. The molecule has 0 aliphatic carbocycles. The topological polar surface area (TPSA) is 62.2 Å². The lowest BCUT2D eigenvalue weighted by molar-refractivity contribution is -0.139. The third-order valence-corrected chi connectivity index (χ3v) is 2.20. The van der Waals surface area contributed by atoms with Crippen molar-refractivity contribution in [2.45, 2.75) is 19.4 Å². The zero-order valence-electron chi connectivity index (χ0n) is 7.36. The largest absolute Gasteiger partial charge is 0.480 e. The van der Waals surface area contributed by atoms with Crippen LogP contribution in [0.3, 0.4) is 0 Å². The first-order valence-electron chi connectivity index (χ1n) is 4.10. The van der Waals surface area contributed by atoms with Crippen LogP contribution in [0.4, 0.5) is 0 Å². The predicted molar refractivity (Wildman–Crippen MR) is 50.8 cm³/mol. The number of rotatable bonds is 5. The Balaban J connectivity index is 2.63. The lowest BCUT2D eigenvalue weighted by Crippen LogP contribution is -2.29. The molecule has 5 heteroatoms. The van der Waals surface area contributed by atoms with Crippen LogP contribution < -0.4 is 5.32 Å². The van der Waals surface area contributed by atoms with Gasteiger partial charge in [0.25, 0.3) is 0 Å². The molecule has 0 aliphatic heterocycles. The number of nitrogens with one attached hydrogen (secondary N) is 1. The van der Waals surface area contributed by atoms with E-state index in [1.807, 2.05) is 6.92 Å². The van der Waals surface area contributed by atoms with Crippen LogP contribution in [0, 0.1) is 0 Å². The molecule has 72 valence electrons. The van der Waals surface area contributed by atoms with E-state index in [0.717, 1.165) is 6.42 Å². The minimum atomic E-state index is -0.876. The van der Waals surface area contributed by atoms with Crippen molar-refractivity contribution < 1.29 is 9.90 Å². The van der Waals surface area contributed by atoms with E-state index < -0.39 is 12.0 Å². The highest BCUT2D eigenvalue weighted by atomic mass is 32.1. The molecule has 1 aromatic rings. The molecule has 0 amide bonds. The number of nitrogens with zero attached hydrogens (tertiary/aromatic N) is 1. The first-order valence-corrected chi connectivity index (χ1v) is 5.04. The Hall–Kier alpha value is -0.940. The standard InChI is InChI=1S/C8H12N2O2S/c1-2-3-9-7(8(11)12)6-4-13-5-10-6/h4-5,7,9H,2-3H2,1H3,(H,11,12). The molecule has 13 heavy (non-hydrogen) atoms. The molecule has 2 N–H and O–H groups in total. The van der Waals surface area contributed by atoms with E-state index in [4.69, 9.17) is 5.11 Å². The van der Waals surface area contributed by atoms with Gasteiger partial charge in [-0.05, 0) is 13.0 Å².